The number of aryl methyl sites for hydroxylation is 1. The summed E-state index contributed by atoms with van der Waals surface area (Å²) in [5.74, 6) is 2.02. The van der Waals surface area contributed by atoms with Crippen molar-refractivity contribution in [2.75, 3.05) is 12.3 Å². The van der Waals surface area contributed by atoms with Gasteiger partial charge in [-0.2, -0.15) is 4.68 Å². The molecule has 3 aromatic carbocycles. The van der Waals surface area contributed by atoms with Crippen LogP contribution in [0.15, 0.2) is 88.7 Å². The van der Waals surface area contributed by atoms with E-state index in [9.17, 15) is 4.79 Å². The third-order valence-electron chi connectivity index (χ3n) is 4.70. The van der Waals surface area contributed by atoms with Gasteiger partial charge in [-0.15, -0.1) is 28.6 Å². The third kappa shape index (κ3) is 5.77. The van der Waals surface area contributed by atoms with E-state index in [-0.39, 0.29) is 5.91 Å². The number of rotatable bonds is 9. The van der Waals surface area contributed by atoms with E-state index in [0.717, 1.165) is 22.2 Å². The van der Waals surface area contributed by atoms with Crippen LogP contribution in [-0.2, 0) is 5.75 Å². The van der Waals surface area contributed by atoms with Gasteiger partial charge in [-0.05, 0) is 53.7 Å². The van der Waals surface area contributed by atoms with Crippen molar-refractivity contribution in [3.8, 4) is 5.69 Å². The summed E-state index contributed by atoms with van der Waals surface area (Å²) in [5, 5.41) is 15.1. The third-order valence-corrected chi connectivity index (χ3v) is 6.78. The maximum Gasteiger partial charge on any atom is 0.252 e. The number of para-hydroxylation sites is 1. The molecule has 4 rings (SSSR count). The van der Waals surface area contributed by atoms with E-state index in [2.05, 4.69) is 52.0 Å². The minimum Gasteiger partial charge on any atom is -0.351 e. The zero-order valence-corrected chi connectivity index (χ0v) is 19.3. The van der Waals surface area contributed by atoms with Crippen LogP contribution >= 0.6 is 23.5 Å². The lowest BCUT2D eigenvalue weighted by molar-refractivity contribution is 0.0953. The Bertz CT molecular complexity index is 1160. The average molecular weight is 462 g/mol. The minimum absolute atomic E-state index is 0.0692. The van der Waals surface area contributed by atoms with Crippen LogP contribution in [0.5, 0.6) is 0 Å². The summed E-state index contributed by atoms with van der Waals surface area (Å²) >= 11 is 3.28. The summed E-state index contributed by atoms with van der Waals surface area (Å²) in [6, 6.07) is 25.8. The normalized spacial score (nSPS) is 10.8. The van der Waals surface area contributed by atoms with Crippen molar-refractivity contribution >= 4 is 29.4 Å². The van der Waals surface area contributed by atoms with Crippen LogP contribution in [0.4, 0.5) is 0 Å². The molecule has 4 aromatic rings. The molecule has 8 heteroatoms. The van der Waals surface area contributed by atoms with Gasteiger partial charge in [0.25, 0.3) is 5.91 Å². The highest BCUT2D eigenvalue weighted by molar-refractivity contribution is 7.99. The number of carbonyl (C=O) groups is 1. The van der Waals surface area contributed by atoms with Gasteiger partial charge in [0.1, 0.15) is 0 Å². The summed E-state index contributed by atoms with van der Waals surface area (Å²) in [6.07, 6.45) is 0. The first-order valence-electron chi connectivity index (χ1n) is 10.2. The van der Waals surface area contributed by atoms with E-state index in [0.29, 0.717) is 17.9 Å². The van der Waals surface area contributed by atoms with Crippen molar-refractivity contribution in [2.45, 2.75) is 22.5 Å². The van der Waals surface area contributed by atoms with Gasteiger partial charge in [0.2, 0.25) is 0 Å². The molecule has 0 aliphatic rings. The fourth-order valence-electron chi connectivity index (χ4n) is 3.05. The lowest BCUT2D eigenvalue weighted by atomic mass is 10.2. The van der Waals surface area contributed by atoms with E-state index in [1.54, 1.807) is 28.2 Å². The van der Waals surface area contributed by atoms with Crippen molar-refractivity contribution in [1.82, 2.24) is 25.5 Å². The summed E-state index contributed by atoms with van der Waals surface area (Å²) in [4.78, 5) is 14.9. The van der Waals surface area contributed by atoms with Gasteiger partial charge in [0, 0.05) is 22.1 Å². The molecule has 0 fully saturated rings. The lowest BCUT2D eigenvalue weighted by Crippen LogP contribution is -2.26. The molecule has 0 saturated heterocycles. The molecular weight excluding hydrogens is 438 g/mol. The highest BCUT2D eigenvalue weighted by Gasteiger charge is 2.14. The SMILES string of the molecule is Cc1ccc(SCCNC(=O)c2ccccc2SCc2nnnn2-c2ccccc2)cc1. The van der Waals surface area contributed by atoms with Gasteiger partial charge in [0.15, 0.2) is 5.82 Å². The van der Waals surface area contributed by atoms with Gasteiger partial charge < -0.3 is 5.32 Å². The molecule has 0 aliphatic heterocycles. The molecule has 1 heterocycles. The van der Waals surface area contributed by atoms with E-state index < -0.39 is 0 Å². The van der Waals surface area contributed by atoms with Crippen molar-refractivity contribution in [3.63, 3.8) is 0 Å². The zero-order chi connectivity index (χ0) is 22.2. The molecule has 6 nitrogen and oxygen atoms in total. The minimum atomic E-state index is -0.0692. The van der Waals surface area contributed by atoms with Gasteiger partial charge in [-0.25, -0.2) is 0 Å². The second-order valence-electron chi connectivity index (χ2n) is 7.04. The Hall–Kier alpha value is -3.10. The number of hydrogen-bond acceptors (Lipinski definition) is 6. The number of aromatic nitrogens is 4. The maximum atomic E-state index is 12.8. The smallest absolute Gasteiger partial charge is 0.252 e. The average Bonchev–Trinajstić information content (AvgIpc) is 3.31. The summed E-state index contributed by atoms with van der Waals surface area (Å²) in [5.41, 5.74) is 2.82. The van der Waals surface area contributed by atoms with Crippen LogP contribution in [0.1, 0.15) is 21.7 Å². The summed E-state index contributed by atoms with van der Waals surface area (Å²) in [7, 11) is 0. The molecule has 1 aromatic heterocycles. The topological polar surface area (TPSA) is 72.7 Å². The van der Waals surface area contributed by atoms with Crippen molar-refractivity contribution in [1.29, 1.82) is 0 Å². The molecular formula is C24H23N5OS2. The number of nitrogens with one attached hydrogen (secondary N) is 1. The molecule has 1 N–H and O–H groups in total. The van der Waals surface area contributed by atoms with Crippen LogP contribution in [-0.4, -0.2) is 38.4 Å². The highest BCUT2D eigenvalue weighted by Crippen LogP contribution is 2.26. The van der Waals surface area contributed by atoms with Crippen LogP contribution in [0.3, 0.4) is 0 Å². The molecule has 0 bridgehead atoms. The van der Waals surface area contributed by atoms with Crippen molar-refractivity contribution < 1.29 is 4.79 Å². The first-order valence-corrected chi connectivity index (χ1v) is 12.2. The molecule has 0 unspecified atom stereocenters. The number of hydrogen-bond donors (Lipinski definition) is 1. The largest absolute Gasteiger partial charge is 0.351 e. The monoisotopic (exact) mass is 461 g/mol. The summed E-state index contributed by atoms with van der Waals surface area (Å²) in [6.45, 7) is 2.68. The highest BCUT2D eigenvalue weighted by atomic mass is 32.2. The molecule has 162 valence electrons. The van der Waals surface area contributed by atoms with E-state index >= 15 is 0 Å². The Labute approximate surface area is 195 Å². The lowest BCUT2D eigenvalue weighted by Gasteiger charge is -2.10. The number of tetrazole rings is 1. The Morgan fingerprint density at radius 3 is 2.50 bits per heavy atom. The second kappa shape index (κ2) is 11.0. The first-order chi connectivity index (χ1) is 15.7. The predicted molar refractivity (Wildman–Crippen MR) is 129 cm³/mol. The number of thioether (sulfide) groups is 2. The Kier molecular flexibility index (Phi) is 7.58. The van der Waals surface area contributed by atoms with Crippen molar-refractivity contribution in [2.24, 2.45) is 0 Å². The molecule has 0 radical (unpaired) electrons. The standard InChI is InChI=1S/C24H23N5OS2/c1-18-11-13-20(14-12-18)31-16-15-25-24(30)21-9-5-6-10-22(21)32-17-23-26-27-28-29(23)19-7-3-2-4-8-19/h2-14H,15-17H2,1H3,(H,25,30). The van der Waals surface area contributed by atoms with E-state index in [1.165, 1.54) is 10.5 Å². The second-order valence-corrected chi connectivity index (χ2v) is 9.23. The predicted octanol–water partition coefficient (Wildman–Crippen LogP) is 4.79. The van der Waals surface area contributed by atoms with Crippen LogP contribution < -0.4 is 5.32 Å². The van der Waals surface area contributed by atoms with E-state index in [1.807, 2.05) is 54.6 Å². The Morgan fingerprint density at radius 1 is 0.938 bits per heavy atom. The number of benzene rings is 3. The Balaban J connectivity index is 1.34. The molecule has 0 spiro atoms. The van der Waals surface area contributed by atoms with E-state index in [4.69, 9.17) is 0 Å². The molecule has 1 amide bonds. The van der Waals surface area contributed by atoms with Crippen LogP contribution in [0, 0.1) is 6.92 Å². The summed E-state index contributed by atoms with van der Waals surface area (Å²) < 4.78 is 1.72. The molecule has 0 atom stereocenters. The fraction of sp³-hybridized carbons (Fsp3) is 0.167. The maximum absolute atomic E-state index is 12.8. The molecule has 32 heavy (non-hydrogen) atoms. The number of amides is 1. The number of carbonyl (C=O) groups excluding carboxylic acids is 1. The quantitative estimate of drug-likeness (QED) is 0.286. The molecule has 0 aliphatic carbocycles. The number of nitrogens with zero attached hydrogens (tertiary/aromatic N) is 4. The van der Waals surface area contributed by atoms with Crippen molar-refractivity contribution in [3.05, 3.63) is 95.8 Å². The first kappa shape index (κ1) is 22.1. The van der Waals surface area contributed by atoms with Crippen LogP contribution in [0.25, 0.3) is 5.69 Å². The zero-order valence-electron chi connectivity index (χ0n) is 17.6. The van der Waals surface area contributed by atoms with Gasteiger partial charge in [-0.3, -0.25) is 4.79 Å². The molecule has 0 saturated carbocycles. The van der Waals surface area contributed by atoms with Gasteiger partial charge in [-0.1, -0.05) is 48.0 Å². The van der Waals surface area contributed by atoms with Crippen LogP contribution in [0.2, 0.25) is 0 Å². The van der Waals surface area contributed by atoms with Gasteiger partial charge in [0.05, 0.1) is 17.0 Å². The Morgan fingerprint density at radius 2 is 1.69 bits per heavy atom. The fourth-order valence-corrected chi connectivity index (χ4v) is 4.78. The van der Waals surface area contributed by atoms with Gasteiger partial charge >= 0.3 is 0 Å².